The average molecular weight is 252 g/mol. The maximum atomic E-state index is 8.72. The second-order valence-corrected chi connectivity index (χ2v) is 4.05. The maximum Gasteiger partial charge on any atom is 0.0443 e. The SMILES string of the molecule is CCC(CBr)CN(CC)CCCO. The lowest BCUT2D eigenvalue weighted by molar-refractivity contribution is 0.211. The van der Waals surface area contributed by atoms with Gasteiger partial charge in [-0.05, 0) is 18.9 Å². The normalized spacial score (nSPS) is 13.6. The van der Waals surface area contributed by atoms with Crippen molar-refractivity contribution in [1.82, 2.24) is 4.90 Å². The quantitative estimate of drug-likeness (QED) is 0.669. The largest absolute Gasteiger partial charge is 0.396 e. The Morgan fingerprint density at radius 1 is 1.38 bits per heavy atom. The molecule has 3 heteroatoms. The summed E-state index contributed by atoms with van der Waals surface area (Å²) in [6.07, 6.45) is 2.12. The zero-order chi connectivity index (χ0) is 10.1. The van der Waals surface area contributed by atoms with Gasteiger partial charge in [0, 0.05) is 25.0 Å². The molecular formula is C10H22BrNO. The first-order valence-corrected chi connectivity index (χ1v) is 6.29. The first-order valence-electron chi connectivity index (χ1n) is 5.17. The van der Waals surface area contributed by atoms with Crippen molar-refractivity contribution in [3.05, 3.63) is 0 Å². The molecule has 0 aromatic carbocycles. The zero-order valence-corrected chi connectivity index (χ0v) is 10.4. The highest BCUT2D eigenvalue weighted by Crippen LogP contribution is 2.09. The number of aliphatic hydroxyl groups is 1. The Bertz CT molecular complexity index is 107. The predicted octanol–water partition coefficient (Wildman–Crippen LogP) is 2.11. The summed E-state index contributed by atoms with van der Waals surface area (Å²) in [6, 6.07) is 0. The van der Waals surface area contributed by atoms with E-state index in [-0.39, 0.29) is 0 Å². The lowest BCUT2D eigenvalue weighted by atomic mass is 10.1. The van der Waals surface area contributed by atoms with Gasteiger partial charge in [0.2, 0.25) is 0 Å². The van der Waals surface area contributed by atoms with E-state index < -0.39 is 0 Å². The van der Waals surface area contributed by atoms with Crippen LogP contribution in [0.1, 0.15) is 26.7 Å². The third-order valence-electron chi connectivity index (χ3n) is 2.39. The molecule has 0 heterocycles. The van der Waals surface area contributed by atoms with E-state index in [1.54, 1.807) is 0 Å². The number of rotatable bonds is 8. The molecule has 0 aliphatic carbocycles. The van der Waals surface area contributed by atoms with Crippen LogP contribution in [0.15, 0.2) is 0 Å². The number of hydrogen-bond acceptors (Lipinski definition) is 2. The molecule has 0 amide bonds. The van der Waals surface area contributed by atoms with Crippen LogP contribution in [0.2, 0.25) is 0 Å². The molecule has 1 N–H and O–H groups in total. The van der Waals surface area contributed by atoms with Crippen LogP contribution < -0.4 is 0 Å². The van der Waals surface area contributed by atoms with Crippen molar-refractivity contribution in [2.45, 2.75) is 26.7 Å². The van der Waals surface area contributed by atoms with Crippen molar-refractivity contribution >= 4 is 15.9 Å². The maximum absolute atomic E-state index is 8.72. The topological polar surface area (TPSA) is 23.5 Å². The lowest BCUT2D eigenvalue weighted by Crippen LogP contribution is -2.31. The summed E-state index contributed by atoms with van der Waals surface area (Å²) < 4.78 is 0. The summed E-state index contributed by atoms with van der Waals surface area (Å²) >= 11 is 3.53. The van der Waals surface area contributed by atoms with E-state index in [9.17, 15) is 0 Å². The van der Waals surface area contributed by atoms with Crippen LogP contribution in [0, 0.1) is 5.92 Å². The molecule has 0 saturated carbocycles. The molecule has 0 aliphatic rings. The smallest absolute Gasteiger partial charge is 0.0443 e. The van der Waals surface area contributed by atoms with E-state index in [2.05, 4.69) is 34.7 Å². The summed E-state index contributed by atoms with van der Waals surface area (Å²) in [5, 5.41) is 9.81. The van der Waals surface area contributed by atoms with Crippen molar-refractivity contribution in [3.8, 4) is 0 Å². The summed E-state index contributed by atoms with van der Waals surface area (Å²) in [6.45, 7) is 7.98. The Hall–Kier alpha value is 0.400. The van der Waals surface area contributed by atoms with Gasteiger partial charge >= 0.3 is 0 Å². The number of halogens is 1. The van der Waals surface area contributed by atoms with Crippen LogP contribution in [0.25, 0.3) is 0 Å². The molecule has 0 saturated heterocycles. The van der Waals surface area contributed by atoms with Gasteiger partial charge < -0.3 is 10.0 Å². The molecule has 0 bridgehead atoms. The minimum absolute atomic E-state index is 0.307. The van der Waals surface area contributed by atoms with Gasteiger partial charge in [0.15, 0.2) is 0 Å². The van der Waals surface area contributed by atoms with E-state index in [4.69, 9.17) is 5.11 Å². The molecule has 0 fully saturated rings. The molecule has 0 rings (SSSR count). The van der Waals surface area contributed by atoms with E-state index in [0.29, 0.717) is 6.61 Å². The Labute approximate surface area is 90.4 Å². The Kier molecular flexibility index (Phi) is 9.25. The van der Waals surface area contributed by atoms with Gasteiger partial charge in [-0.15, -0.1) is 0 Å². The highest BCUT2D eigenvalue weighted by molar-refractivity contribution is 9.09. The molecular weight excluding hydrogens is 230 g/mol. The fourth-order valence-electron chi connectivity index (χ4n) is 1.32. The minimum Gasteiger partial charge on any atom is -0.396 e. The van der Waals surface area contributed by atoms with E-state index >= 15 is 0 Å². The zero-order valence-electron chi connectivity index (χ0n) is 8.80. The molecule has 1 unspecified atom stereocenters. The number of nitrogens with zero attached hydrogens (tertiary/aromatic N) is 1. The van der Waals surface area contributed by atoms with Crippen molar-refractivity contribution in [2.24, 2.45) is 5.92 Å². The number of alkyl halides is 1. The van der Waals surface area contributed by atoms with Gasteiger partial charge in [-0.25, -0.2) is 0 Å². The third-order valence-corrected chi connectivity index (χ3v) is 3.31. The van der Waals surface area contributed by atoms with Crippen LogP contribution >= 0.6 is 15.9 Å². The predicted molar refractivity (Wildman–Crippen MR) is 61.4 cm³/mol. The summed E-state index contributed by atoms with van der Waals surface area (Å²) in [4.78, 5) is 2.41. The van der Waals surface area contributed by atoms with Gasteiger partial charge in [0.1, 0.15) is 0 Å². The summed E-state index contributed by atoms with van der Waals surface area (Å²) in [7, 11) is 0. The fraction of sp³-hybridized carbons (Fsp3) is 1.00. The van der Waals surface area contributed by atoms with Gasteiger partial charge in [0.25, 0.3) is 0 Å². The van der Waals surface area contributed by atoms with Crippen molar-refractivity contribution in [2.75, 3.05) is 31.6 Å². The third kappa shape index (κ3) is 6.47. The monoisotopic (exact) mass is 251 g/mol. The highest BCUT2D eigenvalue weighted by atomic mass is 79.9. The summed E-state index contributed by atoms with van der Waals surface area (Å²) in [5.74, 6) is 0.749. The van der Waals surface area contributed by atoms with Gasteiger partial charge in [0.05, 0.1) is 0 Å². The van der Waals surface area contributed by atoms with Crippen LogP contribution in [0.3, 0.4) is 0 Å². The molecule has 2 nitrogen and oxygen atoms in total. The molecule has 0 radical (unpaired) electrons. The van der Waals surface area contributed by atoms with Crippen molar-refractivity contribution in [3.63, 3.8) is 0 Å². The Morgan fingerprint density at radius 3 is 2.46 bits per heavy atom. The van der Waals surface area contributed by atoms with Crippen LogP contribution in [-0.2, 0) is 0 Å². The van der Waals surface area contributed by atoms with Crippen molar-refractivity contribution in [1.29, 1.82) is 0 Å². The molecule has 80 valence electrons. The molecule has 0 aromatic rings. The minimum atomic E-state index is 0.307. The lowest BCUT2D eigenvalue weighted by Gasteiger charge is -2.24. The van der Waals surface area contributed by atoms with Gasteiger partial charge in [-0.1, -0.05) is 36.2 Å². The molecule has 0 spiro atoms. The first-order chi connectivity index (χ1) is 6.28. The van der Waals surface area contributed by atoms with Gasteiger partial charge in [-0.2, -0.15) is 0 Å². The average Bonchev–Trinajstić information content (AvgIpc) is 2.19. The van der Waals surface area contributed by atoms with Crippen LogP contribution in [-0.4, -0.2) is 41.6 Å². The van der Waals surface area contributed by atoms with E-state index in [1.807, 2.05) is 0 Å². The Balaban J connectivity index is 3.67. The van der Waals surface area contributed by atoms with Crippen LogP contribution in [0.5, 0.6) is 0 Å². The fourth-order valence-corrected chi connectivity index (χ4v) is 1.99. The second kappa shape index (κ2) is 8.97. The second-order valence-electron chi connectivity index (χ2n) is 3.40. The van der Waals surface area contributed by atoms with Crippen LogP contribution in [0.4, 0.5) is 0 Å². The number of hydrogen-bond donors (Lipinski definition) is 1. The molecule has 1 atom stereocenters. The Morgan fingerprint density at radius 2 is 2.08 bits per heavy atom. The van der Waals surface area contributed by atoms with E-state index in [0.717, 1.165) is 37.3 Å². The standard InChI is InChI=1S/C10H22BrNO/c1-3-10(8-11)9-12(4-2)6-5-7-13/h10,13H,3-9H2,1-2H3. The van der Waals surface area contributed by atoms with E-state index in [1.165, 1.54) is 6.42 Å². The van der Waals surface area contributed by atoms with Crippen molar-refractivity contribution < 1.29 is 5.11 Å². The first kappa shape index (κ1) is 13.4. The molecule has 0 aromatic heterocycles. The molecule has 13 heavy (non-hydrogen) atoms. The van der Waals surface area contributed by atoms with Gasteiger partial charge in [-0.3, -0.25) is 0 Å². The summed E-state index contributed by atoms with van der Waals surface area (Å²) in [5.41, 5.74) is 0. The molecule has 0 aliphatic heterocycles. The number of aliphatic hydroxyl groups excluding tert-OH is 1. The highest BCUT2D eigenvalue weighted by Gasteiger charge is 2.09.